The topological polar surface area (TPSA) is 83.8 Å². The molecule has 2 rings (SSSR count). The van der Waals surface area contributed by atoms with Crippen molar-refractivity contribution >= 4 is 40.5 Å². The summed E-state index contributed by atoms with van der Waals surface area (Å²) < 4.78 is 6.10. The molecule has 2 N–H and O–H groups in total. The fourth-order valence-electron chi connectivity index (χ4n) is 2.25. The highest BCUT2D eigenvalue weighted by atomic mass is 79.9. The molecule has 0 amide bonds. The molecular formula is C17H15BrO5S. The molecule has 5 nitrogen and oxygen atoms in total. The average molecular weight is 411 g/mol. The first-order chi connectivity index (χ1) is 11.4. The Kier molecular flexibility index (Phi) is 6.28. The zero-order valence-corrected chi connectivity index (χ0v) is 15.0. The number of hydrogen-bond acceptors (Lipinski definition) is 4. The Labute approximate surface area is 152 Å². The molecule has 0 unspecified atom stereocenters. The van der Waals surface area contributed by atoms with E-state index in [1.165, 1.54) is 6.07 Å². The molecule has 0 heterocycles. The van der Waals surface area contributed by atoms with Crippen LogP contribution in [0, 0.1) is 0 Å². The van der Waals surface area contributed by atoms with Gasteiger partial charge in [0.1, 0.15) is 17.9 Å². The van der Waals surface area contributed by atoms with Gasteiger partial charge in [0.2, 0.25) is 0 Å². The maximum Gasteiger partial charge on any atom is 0.339 e. The van der Waals surface area contributed by atoms with Crippen LogP contribution in [0.5, 0.6) is 5.75 Å². The second-order valence-corrected chi connectivity index (χ2v) is 6.28. The first kappa shape index (κ1) is 18.4. The number of hydrogen-bond donors (Lipinski definition) is 3. The first-order valence-electron chi connectivity index (χ1n) is 7.04. The van der Waals surface area contributed by atoms with Crippen molar-refractivity contribution in [3.63, 3.8) is 0 Å². The van der Waals surface area contributed by atoms with E-state index in [0.29, 0.717) is 22.2 Å². The second kappa shape index (κ2) is 8.21. The van der Waals surface area contributed by atoms with E-state index in [4.69, 9.17) is 9.84 Å². The number of benzene rings is 2. The van der Waals surface area contributed by atoms with Crippen LogP contribution in [0.25, 0.3) is 0 Å². The van der Waals surface area contributed by atoms with Gasteiger partial charge in [-0.1, -0.05) is 18.2 Å². The molecule has 0 spiro atoms. The molecule has 0 radical (unpaired) electrons. The number of halogens is 1. The van der Waals surface area contributed by atoms with Crippen molar-refractivity contribution in [1.82, 2.24) is 0 Å². The molecule has 0 aromatic heterocycles. The zero-order valence-electron chi connectivity index (χ0n) is 12.5. The lowest BCUT2D eigenvalue weighted by Gasteiger charge is -2.13. The Hall–Kier alpha value is -1.99. The van der Waals surface area contributed by atoms with Gasteiger partial charge in [0.05, 0.1) is 5.56 Å². The van der Waals surface area contributed by atoms with Gasteiger partial charge >= 0.3 is 11.9 Å². The number of carbonyl (C=O) groups is 2. The van der Waals surface area contributed by atoms with Crippen molar-refractivity contribution in [1.29, 1.82) is 0 Å². The summed E-state index contributed by atoms with van der Waals surface area (Å²) in [4.78, 5) is 22.5. The maximum absolute atomic E-state index is 11.5. The van der Waals surface area contributed by atoms with Crippen molar-refractivity contribution in [2.24, 2.45) is 0 Å². The molecule has 2 aromatic rings. The number of aromatic carboxylic acids is 2. The van der Waals surface area contributed by atoms with Gasteiger partial charge in [-0.3, -0.25) is 0 Å². The summed E-state index contributed by atoms with van der Waals surface area (Å²) in [5, 5.41) is 18.4. The van der Waals surface area contributed by atoms with Crippen LogP contribution in [0.3, 0.4) is 0 Å². The van der Waals surface area contributed by atoms with Gasteiger partial charge in [0, 0.05) is 4.47 Å². The van der Waals surface area contributed by atoms with Crippen molar-refractivity contribution in [2.45, 2.75) is 13.0 Å². The summed E-state index contributed by atoms with van der Waals surface area (Å²) in [6, 6.07) is 9.83. The molecule has 0 atom stereocenters. The fourth-order valence-corrected chi connectivity index (χ4v) is 3.09. The second-order valence-electron chi connectivity index (χ2n) is 4.98. The SMILES string of the molecule is O=C(O)c1ccc(COc2cccc(CCS)c2C(=O)O)cc1Br. The monoisotopic (exact) mass is 410 g/mol. The van der Waals surface area contributed by atoms with E-state index in [0.717, 1.165) is 5.56 Å². The third-order valence-corrected chi connectivity index (χ3v) is 4.25. The van der Waals surface area contributed by atoms with Gasteiger partial charge < -0.3 is 14.9 Å². The minimum Gasteiger partial charge on any atom is -0.488 e. The predicted molar refractivity (Wildman–Crippen MR) is 96.4 cm³/mol. The number of carboxylic acids is 2. The summed E-state index contributed by atoms with van der Waals surface area (Å²) in [6.45, 7) is 0.128. The van der Waals surface area contributed by atoms with Crippen LogP contribution in [-0.4, -0.2) is 27.9 Å². The van der Waals surface area contributed by atoms with Crippen molar-refractivity contribution in [3.8, 4) is 5.75 Å². The third kappa shape index (κ3) is 4.30. The highest BCUT2D eigenvalue weighted by molar-refractivity contribution is 9.10. The van der Waals surface area contributed by atoms with Crippen LogP contribution in [0.2, 0.25) is 0 Å². The lowest BCUT2D eigenvalue weighted by Crippen LogP contribution is -2.08. The van der Waals surface area contributed by atoms with Crippen molar-refractivity contribution < 1.29 is 24.5 Å². The lowest BCUT2D eigenvalue weighted by atomic mass is 10.0. The van der Waals surface area contributed by atoms with Crippen molar-refractivity contribution in [3.05, 3.63) is 63.1 Å². The maximum atomic E-state index is 11.5. The van der Waals surface area contributed by atoms with Gasteiger partial charge in [0.15, 0.2) is 0 Å². The predicted octanol–water partition coefficient (Wildman–Crippen LogP) is 3.90. The van der Waals surface area contributed by atoms with E-state index in [2.05, 4.69) is 28.6 Å². The van der Waals surface area contributed by atoms with E-state index in [1.54, 1.807) is 30.3 Å². The lowest BCUT2D eigenvalue weighted by molar-refractivity contribution is 0.0681. The van der Waals surface area contributed by atoms with E-state index in [-0.39, 0.29) is 23.5 Å². The molecule has 0 aliphatic heterocycles. The molecule has 7 heteroatoms. The molecule has 0 aliphatic carbocycles. The Morgan fingerprint density at radius 1 is 1.12 bits per heavy atom. The molecule has 0 fully saturated rings. The molecular weight excluding hydrogens is 396 g/mol. The number of carboxylic acid groups (broad SMARTS) is 2. The fraction of sp³-hybridized carbons (Fsp3) is 0.176. The number of rotatable bonds is 7. The van der Waals surface area contributed by atoms with Gasteiger partial charge in [-0.2, -0.15) is 12.6 Å². The van der Waals surface area contributed by atoms with Crippen LogP contribution in [0.4, 0.5) is 0 Å². The van der Waals surface area contributed by atoms with E-state index in [9.17, 15) is 14.7 Å². The van der Waals surface area contributed by atoms with E-state index >= 15 is 0 Å². The number of thiol groups is 1. The average Bonchev–Trinajstić information content (AvgIpc) is 2.52. The summed E-state index contributed by atoms with van der Waals surface area (Å²) in [6.07, 6.45) is 0.529. The Balaban J connectivity index is 2.23. The zero-order chi connectivity index (χ0) is 17.7. The smallest absolute Gasteiger partial charge is 0.339 e. The van der Waals surface area contributed by atoms with E-state index in [1.807, 2.05) is 0 Å². The largest absolute Gasteiger partial charge is 0.488 e. The highest BCUT2D eigenvalue weighted by Crippen LogP contribution is 2.25. The molecule has 24 heavy (non-hydrogen) atoms. The van der Waals surface area contributed by atoms with Crippen LogP contribution in [-0.2, 0) is 13.0 Å². The molecule has 0 bridgehead atoms. The van der Waals surface area contributed by atoms with Crippen molar-refractivity contribution in [2.75, 3.05) is 5.75 Å². The Morgan fingerprint density at radius 2 is 1.88 bits per heavy atom. The third-order valence-electron chi connectivity index (χ3n) is 3.37. The Morgan fingerprint density at radius 3 is 2.46 bits per heavy atom. The molecule has 2 aromatic carbocycles. The molecule has 0 saturated carbocycles. The summed E-state index contributed by atoms with van der Waals surface area (Å²) >= 11 is 7.35. The molecule has 126 valence electrons. The molecule has 0 saturated heterocycles. The summed E-state index contributed by atoms with van der Waals surface area (Å²) in [7, 11) is 0. The standard InChI is InChI=1S/C17H15BrO5S/c18-13-8-10(4-5-12(13)16(19)20)9-23-14-3-1-2-11(6-7-24)15(14)17(21)22/h1-5,8,24H,6-7,9H2,(H,19,20)(H,21,22). The summed E-state index contributed by atoms with van der Waals surface area (Å²) in [5.41, 5.74) is 1.67. The normalized spacial score (nSPS) is 10.4. The van der Waals surface area contributed by atoms with E-state index < -0.39 is 11.9 Å². The van der Waals surface area contributed by atoms with Gasteiger partial charge in [-0.05, 0) is 57.4 Å². The first-order valence-corrected chi connectivity index (χ1v) is 8.47. The van der Waals surface area contributed by atoms with Gasteiger partial charge in [-0.15, -0.1) is 0 Å². The van der Waals surface area contributed by atoms with Crippen LogP contribution < -0.4 is 4.74 Å². The minimum atomic E-state index is -1.05. The van der Waals surface area contributed by atoms with Crippen LogP contribution in [0.15, 0.2) is 40.9 Å². The quantitative estimate of drug-likeness (QED) is 0.602. The van der Waals surface area contributed by atoms with Crippen LogP contribution >= 0.6 is 28.6 Å². The molecule has 0 aliphatic rings. The highest BCUT2D eigenvalue weighted by Gasteiger charge is 2.16. The van der Waals surface area contributed by atoms with Gasteiger partial charge in [-0.25, -0.2) is 9.59 Å². The van der Waals surface area contributed by atoms with Crippen LogP contribution in [0.1, 0.15) is 31.8 Å². The number of aryl methyl sites for hydroxylation is 1. The minimum absolute atomic E-state index is 0.128. The summed E-state index contributed by atoms with van der Waals surface area (Å²) in [5.74, 6) is -1.26. The number of ether oxygens (including phenoxy) is 1. The Bertz CT molecular complexity index is 776. The van der Waals surface area contributed by atoms with Gasteiger partial charge in [0.25, 0.3) is 0 Å².